The zero-order valence-electron chi connectivity index (χ0n) is 18.2. The number of carbonyl (C=O) groups is 2. The summed E-state index contributed by atoms with van der Waals surface area (Å²) in [6.45, 7) is 3.01. The molecule has 1 heterocycles. The number of ketones is 1. The molecule has 0 radical (unpaired) electrons. The third-order valence-electron chi connectivity index (χ3n) is 5.47. The van der Waals surface area contributed by atoms with Crippen molar-refractivity contribution in [3.8, 4) is 5.75 Å². The topological polar surface area (TPSA) is 74.1 Å². The minimum atomic E-state index is -0.739. The molecular weight excluding hydrogens is 416 g/mol. The molecule has 0 aliphatic carbocycles. The molecule has 1 unspecified atom stereocenters. The molecule has 7 heteroatoms. The lowest BCUT2D eigenvalue weighted by atomic mass is 9.94. The number of hydrogen-bond donors (Lipinski definition) is 1. The second-order valence-electron chi connectivity index (χ2n) is 8.02. The number of hydrogen-bond acceptors (Lipinski definition) is 4. The normalized spacial score (nSPS) is 18.1. The van der Waals surface area contributed by atoms with Gasteiger partial charge in [-0.1, -0.05) is 35.6 Å². The average molecular weight is 443 g/mol. The van der Waals surface area contributed by atoms with Crippen LogP contribution < -0.4 is 14.7 Å². The monoisotopic (exact) mass is 442 g/mol. The Morgan fingerprint density at radius 1 is 1.16 bits per heavy atom. The smallest absolute Gasteiger partial charge is 0.295 e. The summed E-state index contributed by atoms with van der Waals surface area (Å²) >= 11 is 6.04. The molecule has 1 atom stereocenters. The van der Waals surface area contributed by atoms with Crippen LogP contribution in [0, 0.1) is 6.92 Å². The van der Waals surface area contributed by atoms with Crippen molar-refractivity contribution < 1.29 is 24.3 Å². The first-order valence-corrected chi connectivity index (χ1v) is 10.6. The lowest BCUT2D eigenvalue weighted by Gasteiger charge is -2.28. The molecule has 0 aromatic heterocycles. The van der Waals surface area contributed by atoms with E-state index in [4.69, 9.17) is 16.3 Å². The number of rotatable bonds is 7. The van der Waals surface area contributed by atoms with Crippen LogP contribution in [0.3, 0.4) is 0 Å². The van der Waals surface area contributed by atoms with E-state index in [0.717, 1.165) is 6.54 Å². The van der Waals surface area contributed by atoms with Gasteiger partial charge in [0.1, 0.15) is 5.75 Å². The van der Waals surface area contributed by atoms with E-state index in [9.17, 15) is 14.7 Å². The summed E-state index contributed by atoms with van der Waals surface area (Å²) in [7, 11) is 5.61. The SMILES string of the molecule is COc1ccc(C([O-])=C2C(=O)C(=O)N(CCC[NH+](C)C)C2c2ccc(Cl)cc2)c(C)c1. The van der Waals surface area contributed by atoms with Crippen molar-refractivity contribution in [2.24, 2.45) is 0 Å². The lowest BCUT2D eigenvalue weighted by Crippen LogP contribution is -3.05. The van der Waals surface area contributed by atoms with Crippen molar-refractivity contribution in [1.82, 2.24) is 4.90 Å². The molecule has 0 bridgehead atoms. The molecule has 1 amide bonds. The minimum Gasteiger partial charge on any atom is -0.872 e. The first-order chi connectivity index (χ1) is 14.7. The number of methoxy groups -OCH3 is 1. The molecule has 0 saturated carbocycles. The Balaban J connectivity index is 2.11. The number of quaternary nitrogens is 1. The maximum absolute atomic E-state index is 13.5. The fraction of sp³-hybridized carbons (Fsp3) is 0.333. The van der Waals surface area contributed by atoms with Gasteiger partial charge in [0.25, 0.3) is 5.91 Å². The Morgan fingerprint density at radius 3 is 2.42 bits per heavy atom. The second-order valence-corrected chi connectivity index (χ2v) is 8.45. The number of likely N-dealkylation sites (tertiary alicyclic amines) is 1. The number of amides is 1. The van der Waals surface area contributed by atoms with Crippen LogP contribution in [-0.4, -0.2) is 50.9 Å². The van der Waals surface area contributed by atoms with Gasteiger partial charge >= 0.3 is 0 Å². The van der Waals surface area contributed by atoms with Gasteiger partial charge < -0.3 is 19.6 Å². The van der Waals surface area contributed by atoms with Gasteiger partial charge in [0.05, 0.1) is 33.8 Å². The van der Waals surface area contributed by atoms with Crippen molar-refractivity contribution in [2.75, 3.05) is 34.3 Å². The van der Waals surface area contributed by atoms with Crippen molar-refractivity contribution >= 4 is 29.1 Å². The van der Waals surface area contributed by atoms with E-state index in [2.05, 4.69) is 0 Å². The highest BCUT2D eigenvalue weighted by Gasteiger charge is 2.44. The Hall–Kier alpha value is -2.83. The van der Waals surface area contributed by atoms with E-state index in [1.165, 1.54) is 9.80 Å². The average Bonchev–Trinajstić information content (AvgIpc) is 2.98. The number of Topliss-reactive ketones (excluding diaryl/α,β-unsaturated/α-hetero) is 1. The first-order valence-electron chi connectivity index (χ1n) is 10.2. The number of benzene rings is 2. The molecule has 0 spiro atoms. The summed E-state index contributed by atoms with van der Waals surface area (Å²) in [6, 6.07) is 11.2. The summed E-state index contributed by atoms with van der Waals surface area (Å²) in [5.41, 5.74) is 1.74. The maximum Gasteiger partial charge on any atom is 0.295 e. The third kappa shape index (κ3) is 4.75. The fourth-order valence-corrected chi connectivity index (χ4v) is 3.98. The summed E-state index contributed by atoms with van der Waals surface area (Å²) < 4.78 is 5.21. The minimum absolute atomic E-state index is 0.0159. The van der Waals surface area contributed by atoms with E-state index < -0.39 is 23.5 Å². The quantitative estimate of drug-likeness (QED) is 0.400. The molecule has 6 nitrogen and oxygen atoms in total. The number of ether oxygens (including phenoxy) is 1. The van der Waals surface area contributed by atoms with E-state index in [0.29, 0.717) is 40.4 Å². The van der Waals surface area contributed by atoms with Gasteiger partial charge in [-0.25, -0.2) is 0 Å². The molecule has 1 aliphatic heterocycles. The fourth-order valence-electron chi connectivity index (χ4n) is 3.86. The van der Waals surface area contributed by atoms with Gasteiger partial charge in [0.2, 0.25) is 5.78 Å². The summed E-state index contributed by atoms with van der Waals surface area (Å²) in [4.78, 5) is 28.7. The van der Waals surface area contributed by atoms with Crippen molar-refractivity contribution in [3.05, 3.63) is 69.8 Å². The van der Waals surface area contributed by atoms with Crippen molar-refractivity contribution in [2.45, 2.75) is 19.4 Å². The Bertz CT molecular complexity index is 1010. The number of halogens is 1. The molecule has 1 fully saturated rings. The van der Waals surface area contributed by atoms with Crippen molar-refractivity contribution in [3.63, 3.8) is 0 Å². The van der Waals surface area contributed by atoms with Gasteiger partial charge in [-0.2, -0.15) is 0 Å². The molecule has 164 valence electrons. The predicted octanol–water partition coefficient (Wildman–Crippen LogP) is 1.42. The highest BCUT2D eigenvalue weighted by molar-refractivity contribution is 6.46. The van der Waals surface area contributed by atoms with Gasteiger partial charge in [0, 0.05) is 23.6 Å². The highest BCUT2D eigenvalue weighted by Crippen LogP contribution is 2.39. The largest absolute Gasteiger partial charge is 0.872 e. The van der Waals surface area contributed by atoms with Crippen LogP contribution in [-0.2, 0) is 9.59 Å². The van der Waals surface area contributed by atoms with Crippen LogP contribution in [0.2, 0.25) is 5.02 Å². The van der Waals surface area contributed by atoms with Gasteiger partial charge in [-0.05, 0) is 47.9 Å². The van der Waals surface area contributed by atoms with E-state index in [1.807, 2.05) is 14.1 Å². The Labute approximate surface area is 187 Å². The van der Waals surface area contributed by atoms with Gasteiger partial charge in [0.15, 0.2) is 0 Å². The molecule has 1 saturated heterocycles. The molecule has 3 rings (SSSR count). The Morgan fingerprint density at radius 2 is 1.84 bits per heavy atom. The maximum atomic E-state index is 13.5. The number of aryl methyl sites for hydroxylation is 1. The van der Waals surface area contributed by atoms with Gasteiger partial charge in [-0.3, -0.25) is 9.59 Å². The Kier molecular flexibility index (Phi) is 7.03. The van der Waals surface area contributed by atoms with Crippen LogP contribution in [0.1, 0.15) is 29.2 Å². The standard InChI is InChI=1S/C24H27ClN2O4/c1-15-14-18(31-4)10-11-19(15)22(28)20-21(16-6-8-17(25)9-7-16)27(24(30)23(20)29)13-5-12-26(2)3/h6-11,14,21,28H,5,12-13H2,1-4H3. The number of carbonyl (C=O) groups excluding carboxylic acids is 2. The molecular formula is C24H27ClN2O4. The van der Waals surface area contributed by atoms with Crippen LogP contribution in [0.15, 0.2) is 48.0 Å². The summed E-state index contributed by atoms with van der Waals surface area (Å²) in [6.07, 6.45) is 0.717. The van der Waals surface area contributed by atoms with Crippen molar-refractivity contribution in [1.29, 1.82) is 0 Å². The van der Waals surface area contributed by atoms with Crippen LogP contribution in [0.5, 0.6) is 5.75 Å². The zero-order chi connectivity index (χ0) is 22.7. The molecule has 31 heavy (non-hydrogen) atoms. The predicted molar refractivity (Wildman–Crippen MR) is 118 cm³/mol. The molecule has 2 aromatic rings. The highest BCUT2D eigenvalue weighted by atomic mass is 35.5. The summed E-state index contributed by atoms with van der Waals surface area (Å²) in [5, 5.41) is 14.0. The van der Waals surface area contributed by atoms with Crippen LogP contribution in [0.25, 0.3) is 5.76 Å². The molecule has 1 N–H and O–H groups in total. The van der Waals surface area contributed by atoms with Crippen LogP contribution >= 0.6 is 11.6 Å². The molecule has 1 aliphatic rings. The number of nitrogens with one attached hydrogen (secondary N) is 1. The van der Waals surface area contributed by atoms with E-state index in [-0.39, 0.29) is 5.57 Å². The summed E-state index contributed by atoms with van der Waals surface area (Å²) in [5.74, 6) is -1.19. The van der Waals surface area contributed by atoms with Gasteiger partial charge in [-0.15, -0.1) is 0 Å². The lowest BCUT2D eigenvalue weighted by molar-refractivity contribution is -0.858. The van der Waals surface area contributed by atoms with Crippen LogP contribution in [0.4, 0.5) is 0 Å². The zero-order valence-corrected chi connectivity index (χ0v) is 19.0. The molecule has 2 aromatic carbocycles. The first kappa shape index (κ1) is 22.8. The third-order valence-corrected chi connectivity index (χ3v) is 5.72. The van der Waals surface area contributed by atoms with E-state index in [1.54, 1.807) is 56.5 Å². The number of nitrogens with zero attached hydrogens (tertiary/aromatic N) is 1. The van der Waals surface area contributed by atoms with E-state index >= 15 is 0 Å². The second kappa shape index (κ2) is 9.54.